The van der Waals surface area contributed by atoms with Gasteiger partial charge in [-0.1, -0.05) is 20.3 Å². The van der Waals surface area contributed by atoms with E-state index in [1.165, 1.54) is 32.1 Å². The van der Waals surface area contributed by atoms with Crippen molar-refractivity contribution in [3.8, 4) is 0 Å². The van der Waals surface area contributed by atoms with Gasteiger partial charge in [0.15, 0.2) is 0 Å². The molecule has 2 aliphatic carbocycles. The molecule has 120 valence electrons. The van der Waals surface area contributed by atoms with E-state index < -0.39 is 0 Å². The molecule has 0 amide bonds. The Morgan fingerprint density at radius 2 is 2.05 bits per heavy atom. The summed E-state index contributed by atoms with van der Waals surface area (Å²) in [6.45, 7) is 8.06. The van der Waals surface area contributed by atoms with Crippen molar-refractivity contribution in [3.63, 3.8) is 0 Å². The number of nitrogens with zero attached hydrogens (tertiary/aromatic N) is 1. The van der Waals surface area contributed by atoms with Crippen molar-refractivity contribution in [2.75, 3.05) is 13.7 Å². The van der Waals surface area contributed by atoms with Gasteiger partial charge in [0.05, 0.1) is 12.5 Å². The highest BCUT2D eigenvalue weighted by Gasteiger charge is 2.61. The van der Waals surface area contributed by atoms with Gasteiger partial charge in [0.25, 0.3) is 0 Å². The number of fused-ring (bicyclic) bond motifs is 1. The van der Waals surface area contributed by atoms with Gasteiger partial charge < -0.3 is 4.74 Å². The molecule has 0 aromatic rings. The molecule has 1 unspecified atom stereocenters. The van der Waals surface area contributed by atoms with Gasteiger partial charge in [0, 0.05) is 12.1 Å². The highest BCUT2D eigenvalue weighted by atomic mass is 16.5. The maximum absolute atomic E-state index is 12.6. The van der Waals surface area contributed by atoms with Crippen LogP contribution in [0, 0.1) is 23.2 Å². The quantitative estimate of drug-likeness (QED) is 0.746. The number of hydrogen-bond acceptors (Lipinski definition) is 3. The van der Waals surface area contributed by atoms with Gasteiger partial charge in [-0.15, -0.1) is 0 Å². The fourth-order valence-electron chi connectivity index (χ4n) is 5.96. The third kappa shape index (κ3) is 2.07. The summed E-state index contributed by atoms with van der Waals surface area (Å²) in [5, 5.41) is 0. The van der Waals surface area contributed by atoms with Crippen molar-refractivity contribution in [2.24, 2.45) is 23.2 Å². The maximum Gasteiger partial charge on any atom is 0.312 e. The lowest BCUT2D eigenvalue weighted by atomic mass is 9.49. The van der Waals surface area contributed by atoms with Crippen LogP contribution >= 0.6 is 0 Å². The van der Waals surface area contributed by atoms with Gasteiger partial charge in [-0.2, -0.15) is 0 Å². The summed E-state index contributed by atoms with van der Waals surface area (Å²) in [4.78, 5) is 15.3. The van der Waals surface area contributed by atoms with Crippen LogP contribution in [0.25, 0.3) is 0 Å². The number of carbonyl (C=O) groups excluding carboxylic acids is 1. The molecular weight excluding hydrogens is 262 g/mol. The first-order chi connectivity index (χ1) is 10.1. The van der Waals surface area contributed by atoms with Crippen LogP contribution in [0.15, 0.2) is 0 Å². The molecule has 3 rings (SSSR count). The Balaban J connectivity index is 1.89. The summed E-state index contributed by atoms with van der Waals surface area (Å²) in [7, 11) is 1.57. The number of likely N-dealkylation sites (tertiary alicyclic amines) is 1. The van der Waals surface area contributed by atoms with Crippen molar-refractivity contribution >= 4 is 5.97 Å². The molecule has 0 aromatic carbocycles. The van der Waals surface area contributed by atoms with Gasteiger partial charge in [-0.3, -0.25) is 9.69 Å². The van der Waals surface area contributed by atoms with E-state index in [9.17, 15) is 4.79 Å². The Morgan fingerprint density at radius 3 is 2.57 bits per heavy atom. The van der Waals surface area contributed by atoms with Gasteiger partial charge in [0.1, 0.15) is 0 Å². The van der Waals surface area contributed by atoms with Crippen LogP contribution in [0.1, 0.15) is 59.3 Å². The number of methoxy groups -OCH3 is 1. The lowest BCUT2D eigenvalue weighted by Gasteiger charge is -2.55. The second-order valence-electron chi connectivity index (χ2n) is 7.66. The first kappa shape index (κ1) is 15.3. The normalized spacial score (nSPS) is 46.8. The van der Waals surface area contributed by atoms with Crippen LogP contribution in [-0.4, -0.2) is 36.6 Å². The summed E-state index contributed by atoms with van der Waals surface area (Å²) < 4.78 is 5.26. The van der Waals surface area contributed by atoms with Crippen molar-refractivity contribution in [1.82, 2.24) is 4.90 Å². The number of hydrogen-bond donors (Lipinski definition) is 0. The Morgan fingerprint density at radius 1 is 1.29 bits per heavy atom. The van der Waals surface area contributed by atoms with Crippen molar-refractivity contribution < 1.29 is 9.53 Å². The standard InChI is InChI=1S/C18H31NO2/c1-5-19-13(3)11-14-15(7-6-8-16(14)19)18(17(20)21-4)10-9-12(18)2/h12-16H,5-11H2,1-4H3/t12-,13+,14+,15-,16+,18?/m1/s1. The van der Waals surface area contributed by atoms with Crippen molar-refractivity contribution in [2.45, 2.75) is 71.4 Å². The molecule has 1 saturated heterocycles. The summed E-state index contributed by atoms with van der Waals surface area (Å²) in [5.74, 6) is 1.83. The summed E-state index contributed by atoms with van der Waals surface area (Å²) in [6, 6.07) is 1.38. The average Bonchev–Trinajstić information content (AvgIpc) is 2.81. The molecular formula is C18H31NO2. The zero-order chi connectivity index (χ0) is 15.2. The molecule has 0 radical (unpaired) electrons. The fraction of sp³-hybridized carbons (Fsp3) is 0.944. The Bertz CT molecular complexity index is 410. The Hall–Kier alpha value is -0.570. The van der Waals surface area contributed by atoms with Crippen LogP contribution in [0.3, 0.4) is 0 Å². The predicted octanol–water partition coefficient (Wildman–Crippen LogP) is 3.47. The zero-order valence-corrected chi connectivity index (χ0v) is 14.1. The van der Waals surface area contributed by atoms with Gasteiger partial charge in [0.2, 0.25) is 0 Å². The minimum absolute atomic E-state index is 0.0782. The van der Waals surface area contributed by atoms with Gasteiger partial charge >= 0.3 is 5.97 Å². The highest BCUT2D eigenvalue weighted by Crippen LogP contribution is 2.60. The second kappa shape index (κ2) is 5.57. The molecule has 3 nitrogen and oxygen atoms in total. The molecule has 0 bridgehead atoms. The minimum Gasteiger partial charge on any atom is -0.469 e. The zero-order valence-electron chi connectivity index (χ0n) is 14.1. The number of esters is 1. The SMILES string of the molecule is CCN1[C@@H](C)C[C@H]2[C@H](C3(C(=O)OC)CC[C@H]3C)CCC[C@@H]21. The van der Waals surface area contributed by atoms with E-state index in [1.54, 1.807) is 7.11 Å². The molecule has 1 heterocycles. The third-order valence-corrected chi connectivity index (χ3v) is 7.09. The first-order valence-corrected chi connectivity index (χ1v) is 8.90. The number of ether oxygens (including phenoxy) is 1. The molecule has 1 aliphatic heterocycles. The van der Waals surface area contributed by atoms with E-state index in [2.05, 4.69) is 25.7 Å². The summed E-state index contributed by atoms with van der Waals surface area (Å²) in [6.07, 6.45) is 7.34. The second-order valence-corrected chi connectivity index (χ2v) is 7.66. The van der Waals surface area contributed by atoms with Gasteiger partial charge in [-0.05, 0) is 63.3 Å². The fourth-order valence-corrected chi connectivity index (χ4v) is 5.96. The molecule has 2 saturated carbocycles. The van der Waals surface area contributed by atoms with Crippen LogP contribution in [0.5, 0.6) is 0 Å². The lowest BCUT2D eigenvalue weighted by molar-refractivity contribution is -0.177. The molecule has 6 atom stereocenters. The minimum atomic E-state index is -0.165. The summed E-state index contributed by atoms with van der Waals surface area (Å²) >= 11 is 0. The van der Waals surface area contributed by atoms with Crippen LogP contribution < -0.4 is 0 Å². The van der Waals surface area contributed by atoms with Crippen molar-refractivity contribution in [1.29, 1.82) is 0 Å². The van der Waals surface area contributed by atoms with E-state index in [4.69, 9.17) is 4.74 Å². The topological polar surface area (TPSA) is 29.5 Å². The number of rotatable bonds is 3. The molecule has 0 aromatic heterocycles. The smallest absolute Gasteiger partial charge is 0.312 e. The molecule has 0 spiro atoms. The molecule has 3 aliphatic rings. The first-order valence-electron chi connectivity index (χ1n) is 8.90. The van der Waals surface area contributed by atoms with Crippen LogP contribution in [0.4, 0.5) is 0 Å². The average molecular weight is 293 g/mol. The molecule has 3 fully saturated rings. The lowest BCUT2D eigenvalue weighted by Crippen LogP contribution is -2.56. The summed E-state index contributed by atoms with van der Waals surface area (Å²) in [5.41, 5.74) is -0.165. The Labute approximate surface area is 129 Å². The van der Waals surface area contributed by atoms with E-state index in [-0.39, 0.29) is 11.4 Å². The molecule has 0 N–H and O–H groups in total. The largest absolute Gasteiger partial charge is 0.469 e. The molecule has 21 heavy (non-hydrogen) atoms. The number of carbonyl (C=O) groups is 1. The van der Waals surface area contributed by atoms with Crippen molar-refractivity contribution in [3.05, 3.63) is 0 Å². The maximum atomic E-state index is 12.6. The monoisotopic (exact) mass is 293 g/mol. The van der Waals surface area contributed by atoms with Gasteiger partial charge in [-0.25, -0.2) is 0 Å². The third-order valence-electron chi connectivity index (χ3n) is 7.09. The highest BCUT2D eigenvalue weighted by molar-refractivity contribution is 5.78. The molecule has 3 heteroatoms. The predicted molar refractivity (Wildman–Crippen MR) is 83.9 cm³/mol. The van der Waals surface area contributed by atoms with E-state index >= 15 is 0 Å². The van der Waals surface area contributed by atoms with E-state index in [0.717, 1.165) is 13.0 Å². The Kier molecular flexibility index (Phi) is 4.06. The van der Waals surface area contributed by atoms with Crippen LogP contribution in [-0.2, 0) is 9.53 Å². The van der Waals surface area contributed by atoms with E-state index in [0.29, 0.717) is 29.8 Å². The van der Waals surface area contributed by atoms with Crippen LogP contribution in [0.2, 0.25) is 0 Å². The van der Waals surface area contributed by atoms with E-state index in [1.807, 2.05) is 0 Å².